The summed E-state index contributed by atoms with van der Waals surface area (Å²) in [5, 5.41) is 12.7. The molecule has 98 valence electrons. The van der Waals surface area contributed by atoms with Gasteiger partial charge in [-0.1, -0.05) is 0 Å². The van der Waals surface area contributed by atoms with Gasteiger partial charge < -0.3 is 19.9 Å². The normalized spacial score (nSPS) is 28.3. The smallest absolute Gasteiger partial charge is 0.231 e. The zero-order chi connectivity index (χ0) is 12.8. The van der Waals surface area contributed by atoms with Gasteiger partial charge in [-0.3, -0.25) is 0 Å². The molecular weight excluding hydrogens is 258 g/mol. The fourth-order valence-corrected chi connectivity index (χ4v) is 3.91. The van der Waals surface area contributed by atoms with Crippen molar-refractivity contribution in [1.29, 1.82) is 0 Å². The van der Waals surface area contributed by atoms with Crippen molar-refractivity contribution in [3.63, 3.8) is 0 Å². The van der Waals surface area contributed by atoms with Crippen molar-refractivity contribution in [2.45, 2.75) is 12.1 Å². The summed E-state index contributed by atoms with van der Waals surface area (Å²) < 4.78 is 33.2. The Hall–Kier alpha value is -1.47. The third kappa shape index (κ3) is 2.11. The summed E-state index contributed by atoms with van der Waals surface area (Å²) in [6.45, 7) is 0.194. The van der Waals surface area contributed by atoms with Crippen LogP contribution in [0.1, 0.15) is 0 Å². The maximum atomic E-state index is 11.4. The Kier molecular flexibility index (Phi) is 2.60. The predicted octanol–water partition coefficient (Wildman–Crippen LogP) is -0.0149. The molecule has 0 saturated carbocycles. The van der Waals surface area contributed by atoms with Crippen LogP contribution in [-0.4, -0.2) is 44.0 Å². The number of benzene rings is 1. The summed E-state index contributed by atoms with van der Waals surface area (Å²) in [7, 11) is -3.14. The number of fused-ring (bicyclic) bond motifs is 1. The lowest BCUT2D eigenvalue weighted by Gasteiger charge is -2.16. The molecule has 0 aliphatic carbocycles. The lowest BCUT2D eigenvalue weighted by molar-refractivity contribution is 0.174. The van der Waals surface area contributed by atoms with Crippen molar-refractivity contribution in [1.82, 2.24) is 0 Å². The molecule has 1 aromatic carbocycles. The molecule has 2 aliphatic heterocycles. The van der Waals surface area contributed by atoms with E-state index in [0.29, 0.717) is 17.2 Å². The molecule has 2 heterocycles. The fraction of sp³-hybridized carbons (Fsp3) is 0.455. The van der Waals surface area contributed by atoms with Crippen LogP contribution in [0.25, 0.3) is 0 Å². The second-order valence-corrected chi connectivity index (χ2v) is 6.62. The monoisotopic (exact) mass is 271 g/mol. The van der Waals surface area contributed by atoms with Crippen LogP contribution >= 0.6 is 0 Å². The molecule has 0 spiro atoms. The number of aliphatic hydroxyl groups excluding tert-OH is 1. The first kappa shape index (κ1) is 11.6. The summed E-state index contributed by atoms with van der Waals surface area (Å²) >= 11 is 0. The van der Waals surface area contributed by atoms with Gasteiger partial charge in [-0.15, -0.1) is 0 Å². The van der Waals surface area contributed by atoms with Gasteiger partial charge in [0.2, 0.25) is 6.79 Å². The molecule has 2 aliphatic rings. The molecule has 2 N–H and O–H groups in total. The van der Waals surface area contributed by atoms with Gasteiger partial charge in [0.25, 0.3) is 0 Å². The van der Waals surface area contributed by atoms with Crippen LogP contribution in [-0.2, 0) is 9.84 Å². The zero-order valence-electron chi connectivity index (χ0n) is 9.50. The van der Waals surface area contributed by atoms with E-state index < -0.39 is 22.0 Å². The maximum Gasteiger partial charge on any atom is 0.231 e. The van der Waals surface area contributed by atoms with E-state index in [0.717, 1.165) is 0 Å². The Labute approximate surface area is 104 Å². The fourth-order valence-electron chi connectivity index (χ4n) is 2.17. The minimum Gasteiger partial charge on any atom is -0.454 e. The van der Waals surface area contributed by atoms with Crippen LogP contribution in [0.15, 0.2) is 18.2 Å². The second-order valence-electron chi connectivity index (χ2n) is 4.46. The number of nitrogens with one attached hydrogen (secondary N) is 1. The highest BCUT2D eigenvalue weighted by Gasteiger charge is 2.36. The number of anilines is 1. The van der Waals surface area contributed by atoms with Crippen molar-refractivity contribution < 1.29 is 23.0 Å². The van der Waals surface area contributed by atoms with E-state index in [4.69, 9.17) is 9.47 Å². The Morgan fingerprint density at radius 1 is 1.22 bits per heavy atom. The van der Waals surface area contributed by atoms with Crippen LogP contribution < -0.4 is 14.8 Å². The molecule has 18 heavy (non-hydrogen) atoms. The molecule has 0 amide bonds. The van der Waals surface area contributed by atoms with Gasteiger partial charge >= 0.3 is 0 Å². The van der Waals surface area contributed by atoms with E-state index >= 15 is 0 Å². The molecule has 0 aromatic heterocycles. The molecule has 1 saturated heterocycles. The van der Waals surface area contributed by atoms with E-state index in [9.17, 15) is 13.5 Å². The highest BCUT2D eigenvalue weighted by Crippen LogP contribution is 2.34. The highest BCUT2D eigenvalue weighted by atomic mass is 32.2. The van der Waals surface area contributed by atoms with Crippen molar-refractivity contribution in [3.8, 4) is 11.5 Å². The van der Waals surface area contributed by atoms with Crippen molar-refractivity contribution in [2.24, 2.45) is 0 Å². The third-order valence-electron chi connectivity index (χ3n) is 3.05. The van der Waals surface area contributed by atoms with E-state index in [1.165, 1.54) is 0 Å². The molecule has 7 heteroatoms. The first-order valence-electron chi connectivity index (χ1n) is 5.58. The van der Waals surface area contributed by atoms with E-state index in [-0.39, 0.29) is 18.3 Å². The average molecular weight is 271 g/mol. The molecule has 2 unspecified atom stereocenters. The molecule has 3 rings (SSSR count). The molecular formula is C11H13NO5S. The Morgan fingerprint density at radius 3 is 2.72 bits per heavy atom. The largest absolute Gasteiger partial charge is 0.454 e. The van der Waals surface area contributed by atoms with Crippen LogP contribution in [0.2, 0.25) is 0 Å². The van der Waals surface area contributed by atoms with E-state index in [1.807, 2.05) is 0 Å². The van der Waals surface area contributed by atoms with Gasteiger partial charge in [-0.2, -0.15) is 0 Å². The summed E-state index contributed by atoms with van der Waals surface area (Å²) in [5.74, 6) is 1.05. The summed E-state index contributed by atoms with van der Waals surface area (Å²) in [4.78, 5) is 0. The van der Waals surface area contributed by atoms with Gasteiger partial charge in [0, 0.05) is 11.8 Å². The van der Waals surface area contributed by atoms with E-state index in [2.05, 4.69) is 5.32 Å². The number of aliphatic hydroxyl groups is 1. The van der Waals surface area contributed by atoms with Crippen LogP contribution in [0.5, 0.6) is 11.5 Å². The lowest BCUT2D eigenvalue weighted by Crippen LogP contribution is -2.31. The number of rotatable bonds is 2. The minimum atomic E-state index is -3.14. The highest BCUT2D eigenvalue weighted by molar-refractivity contribution is 7.91. The summed E-state index contributed by atoms with van der Waals surface area (Å²) in [6.07, 6.45) is -0.875. The van der Waals surface area contributed by atoms with Crippen molar-refractivity contribution in [2.75, 3.05) is 23.6 Å². The first-order valence-corrected chi connectivity index (χ1v) is 7.40. The number of sulfone groups is 1. The maximum absolute atomic E-state index is 11.4. The molecule has 2 atom stereocenters. The predicted molar refractivity (Wildman–Crippen MR) is 64.6 cm³/mol. The molecule has 1 aromatic rings. The molecule has 6 nitrogen and oxygen atoms in total. The Morgan fingerprint density at radius 2 is 2.00 bits per heavy atom. The van der Waals surface area contributed by atoms with Crippen LogP contribution in [0, 0.1) is 0 Å². The van der Waals surface area contributed by atoms with Crippen molar-refractivity contribution >= 4 is 15.5 Å². The van der Waals surface area contributed by atoms with Gasteiger partial charge in [0.15, 0.2) is 21.3 Å². The second kappa shape index (κ2) is 4.03. The Balaban J connectivity index is 1.77. The van der Waals surface area contributed by atoms with Gasteiger partial charge in [-0.25, -0.2) is 8.42 Å². The van der Waals surface area contributed by atoms with Gasteiger partial charge in [0.1, 0.15) is 0 Å². The standard InChI is InChI=1S/C11H13NO5S/c13-9-5-18(14,15)4-8(9)12-7-1-2-10-11(3-7)17-6-16-10/h1-3,8-9,12-13H,4-6H2. The number of hydrogen-bond acceptors (Lipinski definition) is 6. The molecule has 0 radical (unpaired) electrons. The molecule has 1 fully saturated rings. The number of ether oxygens (including phenoxy) is 2. The van der Waals surface area contributed by atoms with Gasteiger partial charge in [-0.05, 0) is 12.1 Å². The average Bonchev–Trinajstić information content (AvgIpc) is 2.83. The zero-order valence-corrected chi connectivity index (χ0v) is 10.3. The van der Waals surface area contributed by atoms with Crippen molar-refractivity contribution in [3.05, 3.63) is 18.2 Å². The van der Waals surface area contributed by atoms with Crippen LogP contribution in [0.4, 0.5) is 5.69 Å². The molecule has 0 bridgehead atoms. The van der Waals surface area contributed by atoms with Crippen LogP contribution in [0.3, 0.4) is 0 Å². The summed E-state index contributed by atoms with van der Waals surface area (Å²) in [5.41, 5.74) is 0.709. The van der Waals surface area contributed by atoms with E-state index in [1.54, 1.807) is 18.2 Å². The third-order valence-corrected chi connectivity index (χ3v) is 4.76. The number of hydrogen-bond donors (Lipinski definition) is 2. The first-order chi connectivity index (χ1) is 8.53. The SMILES string of the molecule is O=S1(=O)CC(O)C(Nc2ccc3c(c2)OCO3)C1. The van der Waals surface area contributed by atoms with Gasteiger partial charge in [0.05, 0.1) is 23.7 Å². The topological polar surface area (TPSA) is 84.9 Å². The minimum absolute atomic E-state index is 0.0530. The summed E-state index contributed by atoms with van der Waals surface area (Å²) in [6, 6.07) is 4.78. The Bertz CT molecular complexity index is 571. The quantitative estimate of drug-likeness (QED) is 0.786. The lowest BCUT2D eigenvalue weighted by atomic mass is 10.2.